The number of fused-ring (bicyclic) bond motifs is 4. The lowest BCUT2D eigenvalue weighted by atomic mass is 10.3. The number of halogens is 1. The van der Waals surface area contributed by atoms with Crippen molar-refractivity contribution in [2.75, 3.05) is 0 Å². The molecule has 5 aromatic rings. The summed E-state index contributed by atoms with van der Waals surface area (Å²) in [5.41, 5.74) is 3.96. The van der Waals surface area contributed by atoms with Crippen LogP contribution < -0.4 is 5.56 Å². The van der Waals surface area contributed by atoms with E-state index in [1.165, 1.54) is 0 Å². The largest absolute Gasteiger partial charge is 0.292 e. The highest BCUT2D eigenvalue weighted by molar-refractivity contribution is 9.10. The van der Waals surface area contributed by atoms with Gasteiger partial charge < -0.3 is 0 Å². The molecule has 0 spiro atoms. The fourth-order valence-corrected chi connectivity index (χ4v) is 3.87. The van der Waals surface area contributed by atoms with E-state index in [9.17, 15) is 4.79 Å². The van der Waals surface area contributed by atoms with Gasteiger partial charge in [0.2, 0.25) is 0 Å². The third-order valence-electron chi connectivity index (χ3n) is 4.95. The molecule has 0 amide bonds. The van der Waals surface area contributed by atoms with Crippen molar-refractivity contribution < 1.29 is 0 Å². The molecule has 0 fully saturated rings. The van der Waals surface area contributed by atoms with Crippen molar-refractivity contribution in [2.45, 2.75) is 13.5 Å². The van der Waals surface area contributed by atoms with Crippen molar-refractivity contribution in [3.63, 3.8) is 0 Å². The average molecular weight is 446 g/mol. The van der Waals surface area contributed by atoms with E-state index >= 15 is 0 Å². The standard InChI is InChI=1S/C22H16BrN5O/c1-3-12-27-13(2)24-20-18(22(27)29)19-21(26-17-7-5-4-6-16(17)25-19)28(20)15-10-8-14(23)9-11-15/h3-11H,1,12H2,2H3. The molecule has 29 heavy (non-hydrogen) atoms. The first-order valence-electron chi connectivity index (χ1n) is 9.13. The molecule has 0 N–H and O–H groups in total. The minimum Gasteiger partial charge on any atom is -0.292 e. The van der Waals surface area contributed by atoms with Gasteiger partial charge in [0.1, 0.15) is 16.7 Å². The van der Waals surface area contributed by atoms with E-state index in [-0.39, 0.29) is 5.56 Å². The average Bonchev–Trinajstić information content (AvgIpc) is 3.03. The van der Waals surface area contributed by atoms with E-state index in [0.717, 1.165) is 21.2 Å². The summed E-state index contributed by atoms with van der Waals surface area (Å²) in [5.74, 6) is 0.619. The molecule has 0 unspecified atom stereocenters. The van der Waals surface area contributed by atoms with Crippen molar-refractivity contribution in [3.05, 3.63) is 81.8 Å². The highest BCUT2D eigenvalue weighted by Crippen LogP contribution is 2.29. The zero-order valence-corrected chi connectivity index (χ0v) is 17.2. The Balaban J connectivity index is 2.02. The predicted molar refractivity (Wildman–Crippen MR) is 119 cm³/mol. The highest BCUT2D eigenvalue weighted by Gasteiger charge is 2.21. The van der Waals surface area contributed by atoms with E-state index < -0.39 is 0 Å². The van der Waals surface area contributed by atoms with Gasteiger partial charge in [0, 0.05) is 16.7 Å². The minimum absolute atomic E-state index is 0.141. The maximum Gasteiger partial charge on any atom is 0.265 e. The lowest BCUT2D eigenvalue weighted by molar-refractivity contribution is 0.727. The quantitative estimate of drug-likeness (QED) is 0.382. The SMILES string of the molecule is C=CCn1c(C)nc2c(c1=O)c1nc3ccccc3nc1n2-c1ccc(Br)cc1. The van der Waals surface area contributed by atoms with Gasteiger partial charge >= 0.3 is 0 Å². The van der Waals surface area contributed by atoms with E-state index in [2.05, 4.69) is 22.5 Å². The number of para-hydroxylation sites is 2. The maximum absolute atomic E-state index is 13.4. The summed E-state index contributed by atoms with van der Waals surface area (Å²) in [6, 6.07) is 15.5. The number of aryl methyl sites for hydroxylation is 1. The summed E-state index contributed by atoms with van der Waals surface area (Å²) in [5, 5.41) is 0.466. The topological polar surface area (TPSA) is 65.6 Å². The summed E-state index contributed by atoms with van der Waals surface area (Å²) in [6.07, 6.45) is 1.69. The third kappa shape index (κ3) is 2.69. The Bertz CT molecular complexity index is 1480. The Morgan fingerprint density at radius 1 is 1.00 bits per heavy atom. The molecular weight excluding hydrogens is 430 g/mol. The van der Waals surface area contributed by atoms with Crippen LogP contribution in [0.25, 0.3) is 38.9 Å². The van der Waals surface area contributed by atoms with E-state index in [1.54, 1.807) is 10.6 Å². The number of aromatic nitrogens is 5. The first-order valence-corrected chi connectivity index (χ1v) is 9.93. The summed E-state index contributed by atoms with van der Waals surface area (Å²) < 4.78 is 4.48. The van der Waals surface area contributed by atoms with Crippen LogP contribution in [0, 0.1) is 6.92 Å². The van der Waals surface area contributed by atoms with Crippen LogP contribution in [0.3, 0.4) is 0 Å². The number of nitrogens with zero attached hydrogens (tertiary/aromatic N) is 5. The van der Waals surface area contributed by atoms with Gasteiger partial charge in [-0.1, -0.05) is 34.1 Å². The second-order valence-electron chi connectivity index (χ2n) is 6.76. The number of hydrogen-bond acceptors (Lipinski definition) is 4. The molecular formula is C22H16BrN5O. The molecule has 7 heteroatoms. The molecule has 3 aromatic heterocycles. The fraction of sp³-hybridized carbons (Fsp3) is 0.0909. The Kier molecular flexibility index (Phi) is 4.06. The second kappa shape index (κ2) is 6.63. The van der Waals surface area contributed by atoms with Gasteiger partial charge in [0.25, 0.3) is 5.56 Å². The first-order chi connectivity index (χ1) is 14.1. The molecule has 0 saturated carbocycles. The van der Waals surface area contributed by atoms with Gasteiger partial charge in [-0.3, -0.25) is 13.9 Å². The molecule has 0 aliphatic carbocycles. The normalized spacial score (nSPS) is 11.5. The van der Waals surface area contributed by atoms with Crippen LogP contribution >= 0.6 is 15.9 Å². The van der Waals surface area contributed by atoms with E-state index in [4.69, 9.17) is 15.0 Å². The molecule has 6 nitrogen and oxygen atoms in total. The van der Waals surface area contributed by atoms with Gasteiger partial charge in [0.15, 0.2) is 11.3 Å². The van der Waals surface area contributed by atoms with E-state index in [1.807, 2.05) is 60.0 Å². The third-order valence-corrected chi connectivity index (χ3v) is 5.48. The van der Waals surface area contributed by atoms with Crippen molar-refractivity contribution >= 4 is 49.2 Å². The Morgan fingerprint density at radius 2 is 1.69 bits per heavy atom. The van der Waals surface area contributed by atoms with Crippen molar-refractivity contribution in [3.8, 4) is 5.69 Å². The number of rotatable bonds is 3. The monoisotopic (exact) mass is 445 g/mol. The molecule has 5 rings (SSSR count). The Hall–Kier alpha value is -3.32. The molecule has 3 heterocycles. The van der Waals surface area contributed by atoms with Crippen LogP contribution in [-0.2, 0) is 6.54 Å². The minimum atomic E-state index is -0.141. The fourth-order valence-electron chi connectivity index (χ4n) is 3.61. The summed E-state index contributed by atoms with van der Waals surface area (Å²) in [7, 11) is 0. The number of allylic oxidation sites excluding steroid dienone is 1. The van der Waals surface area contributed by atoms with Gasteiger partial charge in [-0.2, -0.15) is 0 Å². The van der Waals surface area contributed by atoms with Crippen LogP contribution in [0.5, 0.6) is 0 Å². The summed E-state index contributed by atoms with van der Waals surface area (Å²) in [6.45, 7) is 5.97. The van der Waals surface area contributed by atoms with Gasteiger partial charge in [-0.05, 0) is 43.3 Å². The zero-order valence-electron chi connectivity index (χ0n) is 15.6. The van der Waals surface area contributed by atoms with Crippen LogP contribution in [0.1, 0.15) is 5.82 Å². The van der Waals surface area contributed by atoms with Crippen LogP contribution in [0.15, 0.2) is 70.5 Å². The molecule has 142 valence electrons. The smallest absolute Gasteiger partial charge is 0.265 e. The van der Waals surface area contributed by atoms with Crippen LogP contribution in [0.2, 0.25) is 0 Å². The molecule has 0 aliphatic rings. The van der Waals surface area contributed by atoms with Gasteiger partial charge in [-0.25, -0.2) is 15.0 Å². The Morgan fingerprint density at radius 3 is 2.38 bits per heavy atom. The van der Waals surface area contributed by atoms with Crippen molar-refractivity contribution in [2.24, 2.45) is 0 Å². The number of hydrogen-bond donors (Lipinski definition) is 0. The molecule has 2 aromatic carbocycles. The van der Waals surface area contributed by atoms with Crippen LogP contribution in [0.4, 0.5) is 0 Å². The van der Waals surface area contributed by atoms with Gasteiger partial charge in [0.05, 0.1) is 11.0 Å². The van der Waals surface area contributed by atoms with Gasteiger partial charge in [-0.15, -0.1) is 6.58 Å². The molecule has 0 atom stereocenters. The highest BCUT2D eigenvalue weighted by atomic mass is 79.9. The van der Waals surface area contributed by atoms with Crippen molar-refractivity contribution in [1.82, 2.24) is 24.1 Å². The predicted octanol–water partition coefficient (Wildman–Crippen LogP) is 4.54. The van der Waals surface area contributed by atoms with Crippen molar-refractivity contribution in [1.29, 1.82) is 0 Å². The molecule has 0 saturated heterocycles. The second-order valence-corrected chi connectivity index (χ2v) is 7.67. The summed E-state index contributed by atoms with van der Waals surface area (Å²) >= 11 is 3.48. The lowest BCUT2D eigenvalue weighted by Gasteiger charge is -2.09. The van der Waals surface area contributed by atoms with Crippen LogP contribution in [-0.4, -0.2) is 24.1 Å². The molecule has 0 aliphatic heterocycles. The first kappa shape index (κ1) is 17.8. The lowest BCUT2D eigenvalue weighted by Crippen LogP contribution is -2.23. The Labute approximate surface area is 174 Å². The molecule has 0 bridgehead atoms. The maximum atomic E-state index is 13.4. The number of benzene rings is 2. The van der Waals surface area contributed by atoms with E-state index in [0.29, 0.717) is 34.6 Å². The zero-order chi connectivity index (χ0) is 20.1. The summed E-state index contributed by atoms with van der Waals surface area (Å²) in [4.78, 5) is 27.8. The molecule has 0 radical (unpaired) electrons.